The lowest BCUT2D eigenvalue weighted by Crippen LogP contribution is -2.53. The maximum Gasteiger partial charge on any atom is 0.256 e. The van der Waals surface area contributed by atoms with Crippen molar-refractivity contribution in [3.63, 3.8) is 0 Å². The highest BCUT2D eigenvalue weighted by molar-refractivity contribution is 6.32. The van der Waals surface area contributed by atoms with Crippen molar-refractivity contribution in [1.29, 1.82) is 0 Å². The minimum atomic E-state index is -1.23. The summed E-state index contributed by atoms with van der Waals surface area (Å²) < 4.78 is 45.3. The Bertz CT molecular complexity index is 2530. The zero-order valence-corrected chi connectivity index (χ0v) is 33.6. The Labute approximate surface area is 352 Å². The lowest BCUT2D eigenvalue weighted by atomic mass is 10.0. The molecule has 2 aliphatic heterocycles. The number of rotatable bonds is 6. The number of amides is 4. The van der Waals surface area contributed by atoms with Crippen LogP contribution in [0.3, 0.4) is 0 Å². The van der Waals surface area contributed by atoms with Gasteiger partial charge in [-0.2, -0.15) is 0 Å². The molecule has 2 N–H and O–H groups in total. The van der Waals surface area contributed by atoms with E-state index in [1.165, 1.54) is 46.2 Å². The summed E-state index contributed by atoms with van der Waals surface area (Å²) in [4.78, 5) is 60.5. The SMILES string of the molecule is O=C(c1ccc(-c2ccc(Cl)cc2F)cc1F)N1CCN(C(=O)C2(O)CC2)CC1.O=C(c1ccc(-c2nc3ccccn3c2Cl)cc1F)N1CCN(C(=O)C2(O)CC2)CC1. The highest BCUT2D eigenvalue weighted by Crippen LogP contribution is 2.38. The maximum absolute atomic E-state index is 14.9. The third-order valence-corrected chi connectivity index (χ3v) is 11.9. The molecule has 17 heteroatoms. The van der Waals surface area contributed by atoms with Crippen LogP contribution in [0.1, 0.15) is 46.4 Å². The van der Waals surface area contributed by atoms with Gasteiger partial charge in [0.2, 0.25) is 0 Å². The molecular weight excluding hydrogens is 824 g/mol. The maximum atomic E-state index is 14.9. The van der Waals surface area contributed by atoms with E-state index in [9.17, 15) is 42.6 Å². The van der Waals surface area contributed by atoms with Gasteiger partial charge in [-0.1, -0.05) is 41.4 Å². The fourth-order valence-corrected chi connectivity index (χ4v) is 7.84. The number of pyridine rings is 1. The van der Waals surface area contributed by atoms with Crippen LogP contribution in [0.25, 0.3) is 28.0 Å². The van der Waals surface area contributed by atoms with E-state index in [1.54, 1.807) is 32.5 Å². The molecule has 0 atom stereocenters. The Hall–Kier alpha value is -5.48. The fraction of sp³-hybridized carbons (Fsp3) is 0.326. The van der Waals surface area contributed by atoms with Gasteiger partial charge >= 0.3 is 0 Å². The second-order valence-corrected chi connectivity index (χ2v) is 16.2. The third kappa shape index (κ3) is 8.18. The number of carbonyl (C=O) groups is 4. The molecule has 12 nitrogen and oxygen atoms in total. The molecular formula is C43H39Cl2F3N6O6. The number of fused-ring (bicyclic) bond motifs is 1. The summed E-state index contributed by atoms with van der Waals surface area (Å²) in [6, 6.07) is 17.9. The first-order valence-corrected chi connectivity index (χ1v) is 20.2. The number of aromatic nitrogens is 2. The zero-order chi connectivity index (χ0) is 42.5. The molecule has 312 valence electrons. The molecule has 4 amide bonds. The van der Waals surface area contributed by atoms with Gasteiger partial charge in [-0.25, -0.2) is 18.2 Å². The number of carbonyl (C=O) groups excluding carboxylic acids is 4. The van der Waals surface area contributed by atoms with Gasteiger partial charge in [0.15, 0.2) is 0 Å². The monoisotopic (exact) mass is 862 g/mol. The van der Waals surface area contributed by atoms with E-state index in [-0.39, 0.29) is 46.6 Å². The Kier molecular flexibility index (Phi) is 11.1. The molecule has 4 aliphatic rings. The van der Waals surface area contributed by atoms with Gasteiger partial charge in [-0.05, 0) is 85.8 Å². The Morgan fingerprint density at radius 2 is 1.07 bits per heavy atom. The van der Waals surface area contributed by atoms with Gasteiger partial charge < -0.3 is 29.8 Å². The van der Waals surface area contributed by atoms with Crippen molar-refractivity contribution in [3.05, 3.63) is 118 Å². The molecule has 0 radical (unpaired) electrons. The van der Waals surface area contributed by atoms with Gasteiger partial charge in [0.05, 0.1) is 11.1 Å². The average molecular weight is 864 g/mol. The average Bonchev–Trinajstić information content (AvgIpc) is 4.17. The van der Waals surface area contributed by atoms with Crippen LogP contribution < -0.4 is 0 Å². The van der Waals surface area contributed by atoms with Crippen molar-refractivity contribution in [2.45, 2.75) is 36.9 Å². The van der Waals surface area contributed by atoms with Crippen LogP contribution in [-0.4, -0.2) is 126 Å². The number of benzene rings is 3. The zero-order valence-electron chi connectivity index (χ0n) is 32.1. The normalized spacial score (nSPS) is 17.9. The Morgan fingerprint density at radius 3 is 1.53 bits per heavy atom. The summed E-state index contributed by atoms with van der Waals surface area (Å²) in [7, 11) is 0. The predicted octanol–water partition coefficient (Wildman–Crippen LogP) is 5.70. The van der Waals surface area contributed by atoms with Crippen LogP contribution in [0.2, 0.25) is 10.2 Å². The molecule has 0 bridgehead atoms. The number of nitrogens with zero attached hydrogens (tertiary/aromatic N) is 6. The Balaban J connectivity index is 0.000000167. The number of imidazole rings is 1. The van der Waals surface area contributed by atoms with E-state index >= 15 is 0 Å². The minimum Gasteiger partial charge on any atom is -0.380 e. The van der Waals surface area contributed by atoms with Crippen LogP contribution in [-0.2, 0) is 9.59 Å². The van der Waals surface area contributed by atoms with Crippen molar-refractivity contribution >= 4 is 52.5 Å². The highest BCUT2D eigenvalue weighted by atomic mass is 35.5. The first-order chi connectivity index (χ1) is 28.7. The molecule has 4 heterocycles. The quantitative estimate of drug-likeness (QED) is 0.224. The van der Waals surface area contributed by atoms with E-state index in [2.05, 4.69) is 4.98 Å². The number of aliphatic hydroxyl groups is 2. The number of hydrogen-bond acceptors (Lipinski definition) is 7. The molecule has 4 fully saturated rings. The molecule has 2 saturated carbocycles. The van der Waals surface area contributed by atoms with Gasteiger partial charge in [0.1, 0.15) is 45.1 Å². The Morgan fingerprint density at radius 1 is 0.583 bits per heavy atom. The first-order valence-electron chi connectivity index (χ1n) is 19.5. The summed E-state index contributed by atoms with van der Waals surface area (Å²) in [5.41, 5.74) is -0.525. The van der Waals surface area contributed by atoms with Gasteiger partial charge in [-0.3, -0.25) is 23.6 Å². The molecule has 2 aliphatic carbocycles. The molecule has 60 heavy (non-hydrogen) atoms. The van der Waals surface area contributed by atoms with Gasteiger partial charge in [0.25, 0.3) is 23.6 Å². The minimum absolute atomic E-state index is 0.0377. The predicted molar refractivity (Wildman–Crippen MR) is 216 cm³/mol. The summed E-state index contributed by atoms with van der Waals surface area (Å²) >= 11 is 12.1. The largest absolute Gasteiger partial charge is 0.380 e. The number of hydrogen-bond donors (Lipinski definition) is 2. The van der Waals surface area contributed by atoms with Crippen molar-refractivity contribution in [2.24, 2.45) is 0 Å². The summed E-state index contributed by atoms with van der Waals surface area (Å²) in [6.07, 6.45) is 3.68. The van der Waals surface area contributed by atoms with E-state index in [1.807, 2.05) is 12.1 Å². The van der Waals surface area contributed by atoms with Crippen molar-refractivity contribution in [2.75, 3.05) is 52.4 Å². The van der Waals surface area contributed by atoms with Gasteiger partial charge in [-0.15, -0.1) is 0 Å². The molecule has 3 aromatic carbocycles. The van der Waals surface area contributed by atoms with E-state index in [0.717, 1.165) is 12.1 Å². The smallest absolute Gasteiger partial charge is 0.256 e. The summed E-state index contributed by atoms with van der Waals surface area (Å²) in [5.74, 6) is -3.46. The molecule has 9 rings (SSSR count). The van der Waals surface area contributed by atoms with Crippen LogP contribution >= 0.6 is 23.2 Å². The molecule has 0 unspecified atom stereocenters. The van der Waals surface area contributed by atoms with E-state index < -0.39 is 40.5 Å². The second-order valence-electron chi connectivity index (χ2n) is 15.4. The van der Waals surface area contributed by atoms with Crippen LogP contribution in [0.4, 0.5) is 13.2 Å². The first kappa shape index (κ1) is 41.3. The second kappa shape index (κ2) is 16.2. The van der Waals surface area contributed by atoms with Crippen LogP contribution in [0, 0.1) is 17.5 Å². The van der Waals surface area contributed by atoms with Crippen molar-refractivity contribution in [3.8, 4) is 22.4 Å². The molecule has 0 spiro atoms. The number of piperazine rings is 2. The third-order valence-electron chi connectivity index (χ3n) is 11.3. The standard InChI is InChI=1S/C22H20ClFN4O3.C21H19ClF2N2O3/c23-19-18(25-17-3-1-2-8-28(17)19)14-4-5-15(16(24)13-14)20(29)26-9-11-27(12-10-26)21(30)22(31)6-7-22;22-14-2-4-15(18(24)12-14)13-1-3-16(17(23)11-13)19(27)25-7-9-26(10-8-25)20(28)21(29)5-6-21/h1-5,8,13,31H,6-7,9-12H2;1-4,11-12,29H,5-10H2. The lowest BCUT2D eigenvalue weighted by Gasteiger charge is -2.35. The topological polar surface area (TPSA) is 139 Å². The lowest BCUT2D eigenvalue weighted by molar-refractivity contribution is -0.144. The molecule has 5 aromatic rings. The van der Waals surface area contributed by atoms with Crippen molar-refractivity contribution < 1.29 is 42.6 Å². The van der Waals surface area contributed by atoms with E-state index in [4.69, 9.17) is 23.2 Å². The molecule has 2 aromatic heterocycles. The number of halogens is 5. The fourth-order valence-electron chi connectivity index (χ4n) is 7.38. The van der Waals surface area contributed by atoms with Crippen LogP contribution in [0.15, 0.2) is 79.0 Å². The summed E-state index contributed by atoms with van der Waals surface area (Å²) in [6.45, 7) is 2.33. The van der Waals surface area contributed by atoms with Crippen molar-refractivity contribution in [1.82, 2.24) is 29.0 Å². The summed E-state index contributed by atoms with van der Waals surface area (Å²) in [5, 5.41) is 20.5. The molecule has 2 saturated heterocycles. The highest BCUT2D eigenvalue weighted by Gasteiger charge is 2.51. The van der Waals surface area contributed by atoms with Gasteiger partial charge in [0, 0.05) is 74.7 Å². The van der Waals surface area contributed by atoms with E-state index in [0.29, 0.717) is 92.6 Å². The van der Waals surface area contributed by atoms with Crippen LogP contribution in [0.5, 0.6) is 0 Å².